The smallest absolute Gasteiger partial charge is 0.279 e. The molecule has 1 aliphatic rings. The molecule has 0 atom stereocenters. The molecule has 13 heavy (non-hydrogen) atoms. The van der Waals surface area contributed by atoms with Gasteiger partial charge in [-0.25, -0.2) is 0 Å². The van der Waals surface area contributed by atoms with Gasteiger partial charge in [-0.1, -0.05) is 11.8 Å². The van der Waals surface area contributed by atoms with Crippen LogP contribution in [0.2, 0.25) is 0 Å². The van der Waals surface area contributed by atoms with E-state index in [4.69, 9.17) is 0 Å². The van der Waals surface area contributed by atoms with E-state index >= 15 is 0 Å². The fourth-order valence-corrected chi connectivity index (χ4v) is 1.51. The first kappa shape index (κ1) is 10.4. The number of rotatable bonds is 2. The quantitative estimate of drug-likeness (QED) is 0.716. The lowest BCUT2D eigenvalue weighted by Crippen LogP contribution is -2.37. The van der Waals surface area contributed by atoms with Gasteiger partial charge in [0.05, 0.1) is 6.54 Å². The number of carbonyl (C=O) groups is 2. The van der Waals surface area contributed by atoms with Crippen molar-refractivity contribution in [1.82, 2.24) is 10.2 Å². The monoisotopic (exact) mass is 202 g/mol. The van der Waals surface area contributed by atoms with Crippen molar-refractivity contribution < 1.29 is 9.59 Å². The second-order valence-corrected chi connectivity index (χ2v) is 3.71. The van der Waals surface area contributed by atoms with E-state index in [2.05, 4.69) is 5.32 Å². The maximum Gasteiger partial charge on any atom is 0.279 e. The summed E-state index contributed by atoms with van der Waals surface area (Å²) in [5.41, 5.74) is 0. The zero-order valence-corrected chi connectivity index (χ0v) is 8.52. The van der Waals surface area contributed by atoms with E-state index in [1.165, 1.54) is 0 Å². The molecule has 0 aromatic heterocycles. The molecule has 1 aliphatic heterocycles. The van der Waals surface area contributed by atoms with E-state index in [0.29, 0.717) is 0 Å². The van der Waals surface area contributed by atoms with Crippen molar-refractivity contribution in [2.75, 3.05) is 25.9 Å². The van der Waals surface area contributed by atoms with Crippen LogP contribution in [-0.2, 0) is 4.79 Å². The summed E-state index contributed by atoms with van der Waals surface area (Å²) in [4.78, 5) is 24.0. The fourth-order valence-electron chi connectivity index (χ4n) is 1.30. The Morgan fingerprint density at radius 2 is 2.00 bits per heavy atom. The van der Waals surface area contributed by atoms with E-state index in [9.17, 15) is 9.59 Å². The summed E-state index contributed by atoms with van der Waals surface area (Å²) >= 11 is 1.09. The molecule has 2 amide bonds. The zero-order chi connectivity index (χ0) is 9.68. The molecule has 1 rings (SSSR count). The number of nitrogens with zero attached hydrogens (tertiary/aromatic N) is 1. The van der Waals surface area contributed by atoms with Gasteiger partial charge < -0.3 is 10.2 Å². The largest absolute Gasteiger partial charge is 0.341 e. The highest BCUT2D eigenvalue weighted by molar-refractivity contribution is 8.12. The van der Waals surface area contributed by atoms with E-state index in [0.717, 1.165) is 37.7 Å². The molecule has 0 unspecified atom stereocenters. The second kappa shape index (κ2) is 5.11. The predicted molar refractivity (Wildman–Crippen MR) is 52.7 cm³/mol. The van der Waals surface area contributed by atoms with Gasteiger partial charge in [0.1, 0.15) is 0 Å². The van der Waals surface area contributed by atoms with Crippen LogP contribution in [0.5, 0.6) is 0 Å². The van der Waals surface area contributed by atoms with Gasteiger partial charge in [-0.2, -0.15) is 0 Å². The Morgan fingerprint density at radius 1 is 1.38 bits per heavy atom. The lowest BCUT2D eigenvalue weighted by Gasteiger charge is -2.14. The molecular formula is C8H14N2O2S. The third-order valence-electron chi connectivity index (χ3n) is 2.03. The summed E-state index contributed by atoms with van der Waals surface area (Å²) < 4.78 is 0. The van der Waals surface area contributed by atoms with Gasteiger partial charge in [0.25, 0.3) is 5.24 Å². The molecule has 1 fully saturated rings. The first-order valence-electron chi connectivity index (χ1n) is 4.33. The third kappa shape index (κ3) is 3.26. The summed E-state index contributed by atoms with van der Waals surface area (Å²) in [6.07, 6.45) is 3.86. The fraction of sp³-hybridized carbons (Fsp3) is 0.750. The van der Waals surface area contributed by atoms with E-state index in [1.54, 1.807) is 11.2 Å². The molecule has 0 aliphatic carbocycles. The third-order valence-corrected chi connectivity index (χ3v) is 2.54. The minimum Gasteiger partial charge on any atom is -0.341 e. The van der Waals surface area contributed by atoms with E-state index in [1.807, 2.05) is 0 Å². The highest BCUT2D eigenvalue weighted by atomic mass is 32.2. The highest BCUT2D eigenvalue weighted by Gasteiger charge is 2.17. The van der Waals surface area contributed by atoms with Crippen LogP contribution in [0.4, 0.5) is 4.79 Å². The number of thioether (sulfide) groups is 1. The van der Waals surface area contributed by atoms with Crippen LogP contribution in [0.1, 0.15) is 12.8 Å². The highest BCUT2D eigenvalue weighted by Crippen LogP contribution is 2.06. The van der Waals surface area contributed by atoms with Crippen molar-refractivity contribution in [3.05, 3.63) is 0 Å². The molecule has 0 radical (unpaired) electrons. The molecule has 1 N–H and O–H groups in total. The second-order valence-electron chi connectivity index (χ2n) is 2.93. The first-order valence-corrected chi connectivity index (χ1v) is 5.56. The lowest BCUT2D eigenvalue weighted by atomic mass is 10.4. The summed E-state index contributed by atoms with van der Waals surface area (Å²) in [6, 6.07) is 0. The molecule has 4 nitrogen and oxygen atoms in total. The Hall–Kier alpha value is -0.710. The van der Waals surface area contributed by atoms with E-state index < -0.39 is 0 Å². The van der Waals surface area contributed by atoms with Crippen LogP contribution in [0, 0.1) is 0 Å². The van der Waals surface area contributed by atoms with Gasteiger partial charge in [-0.05, 0) is 19.1 Å². The first-order chi connectivity index (χ1) is 6.24. The molecule has 0 aromatic rings. The standard InChI is InChI=1S/C8H14N2O2S/c1-13-8(12)9-6-7(11)10-4-2-3-5-10/h2-6H2,1H3,(H,9,12). The van der Waals surface area contributed by atoms with E-state index in [-0.39, 0.29) is 17.7 Å². The van der Waals surface area contributed by atoms with Gasteiger partial charge in [0, 0.05) is 13.1 Å². The number of carbonyl (C=O) groups excluding carboxylic acids is 2. The molecular weight excluding hydrogens is 188 g/mol. The minimum absolute atomic E-state index is 0.0277. The average Bonchev–Trinajstić information content (AvgIpc) is 2.66. The Bertz CT molecular complexity index is 202. The minimum atomic E-state index is -0.146. The van der Waals surface area contributed by atoms with Crippen molar-refractivity contribution >= 4 is 22.9 Å². The van der Waals surface area contributed by atoms with Gasteiger partial charge in [0.2, 0.25) is 5.91 Å². The predicted octanol–water partition coefficient (Wildman–Crippen LogP) is 0.681. The Kier molecular flexibility index (Phi) is 4.08. The molecule has 0 spiro atoms. The van der Waals surface area contributed by atoms with Gasteiger partial charge in [0.15, 0.2) is 0 Å². The van der Waals surface area contributed by atoms with Crippen molar-refractivity contribution in [2.45, 2.75) is 12.8 Å². The Balaban J connectivity index is 2.20. The molecule has 74 valence electrons. The maximum absolute atomic E-state index is 11.4. The number of amides is 2. The van der Waals surface area contributed by atoms with Crippen LogP contribution in [0.25, 0.3) is 0 Å². The van der Waals surface area contributed by atoms with Gasteiger partial charge in [-0.3, -0.25) is 9.59 Å². The summed E-state index contributed by atoms with van der Waals surface area (Å²) in [7, 11) is 0. The van der Waals surface area contributed by atoms with Gasteiger partial charge >= 0.3 is 0 Å². The molecule has 1 heterocycles. The Morgan fingerprint density at radius 3 is 2.54 bits per heavy atom. The normalized spacial score (nSPS) is 15.9. The SMILES string of the molecule is CSC(=O)NCC(=O)N1CCCC1. The van der Waals surface area contributed by atoms with Crippen molar-refractivity contribution in [2.24, 2.45) is 0 Å². The molecule has 1 saturated heterocycles. The van der Waals surface area contributed by atoms with Crippen LogP contribution in [-0.4, -0.2) is 41.9 Å². The number of hydrogen-bond donors (Lipinski definition) is 1. The average molecular weight is 202 g/mol. The maximum atomic E-state index is 11.4. The molecule has 0 bridgehead atoms. The van der Waals surface area contributed by atoms with Crippen LogP contribution in [0.3, 0.4) is 0 Å². The molecule has 0 saturated carbocycles. The molecule has 5 heteroatoms. The van der Waals surface area contributed by atoms with Gasteiger partial charge in [-0.15, -0.1) is 0 Å². The molecule has 0 aromatic carbocycles. The summed E-state index contributed by atoms with van der Waals surface area (Å²) in [5, 5.41) is 2.40. The zero-order valence-electron chi connectivity index (χ0n) is 7.71. The summed E-state index contributed by atoms with van der Waals surface area (Å²) in [5.74, 6) is 0.0277. The van der Waals surface area contributed by atoms with Crippen LogP contribution < -0.4 is 5.32 Å². The number of likely N-dealkylation sites (tertiary alicyclic amines) is 1. The van der Waals surface area contributed by atoms with Crippen molar-refractivity contribution in [3.63, 3.8) is 0 Å². The van der Waals surface area contributed by atoms with Crippen LogP contribution >= 0.6 is 11.8 Å². The topological polar surface area (TPSA) is 49.4 Å². The lowest BCUT2D eigenvalue weighted by molar-refractivity contribution is -0.128. The number of nitrogens with one attached hydrogen (secondary N) is 1. The summed E-state index contributed by atoms with van der Waals surface area (Å²) in [6.45, 7) is 1.82. The van der Waals surface area contributed by atoms with Crippen molar-refractivity contribution in [1.29, 1.82) is 0 Å². The van der Waals surface area contributed by atoms with Crippen molar-refractivity contribution in [3.8, 4) is 0 Å². The Labute approximate surface area is 82.0 Å². The number of hydrogen-bond acceptors (Lipinski definition) is 3. The van der Waals surface area contributed by atoms with Crippen LogP contribution in [0.15, 0.2) is 0 Å².